The second-order valence-electron chi connectivity index (χ2n) is 7.04. The predicted molar refractivity (Wildman–Crippen MR) is 137 cm³/mol. The van der Waals surface area contributed by atoms with Crippen molar-refractivity contribution in [2.24, 2.45) is 0 Å². The average molecular weight is 593 g/mol. The molecule has 0 radical (unpaired) electrons. The largest absolute Gasteiger partial charge is 0.493 e. The summed E-state index contributed by atoms with van der Waals surface area (Å²) in [5, 5.41) is 0.293. The van der Waals surface area contributed by atoms with Gasteiger partial charge in [-0.2, -0.15) is 0 Å². The molecule has 0 atom stereocenters. The predicted octanol–water partition coefficient (Wildman–Crippen LogP) is 6.16. The number of rotatable bonds is 7. The number of imide groups is 1. The van der Waals surface area contributed by atoms with Crippen LogP contribution in [0.3, 0.4) is 0 Å². The molecule has 0 N–H and O–H groups in total. The molecule has 6 nitrogen and oxygen atoms in total. The highest BCUT2D eigenvalue weighted by Gasteiger charge is 2.35. The summed E-state index contributed by atoms with van der Waals surface area (Å²) in [4.78, 5) is 31.2. The number of halogens is 2. The fourth-order valence-electron chi connectivity index (χ4n) is 3.15. The van der Waals surface area contributed by atoms with Crippen LogP contribution in [-0.4, -0.2) is 28.1 Å². The molecule has 9 heteroatoms. The van der Waals surface area contributed by atoms with Gasteiger partial charge in [0.05, 0.1) is 27.8 Å². The van der Waals surface area contributed by atoms with Gasteiger partial charge in [-0.1, -0.05) is 29.8 Å². The number of ether oxygens (including phenoxy) is 2. The van der Waals surface area contributed by atoms with Gasteiger partial charge < -0.3 is 9.47 Å². The molecule has 1 aliphatic rings. The van der Waals surface area contributed by atoms with E-state index in [1.807, 2.05) is 24.3 Å². The molecular weight excluding hydrogens is 575 g/mol. The molecule has 33 heavy (non-hydrogen) atoms. The standard InChI is InChI=1S/C24H18ClIN2O4S/c1-31-20-11-16(10-19(26)22(20)32-14-18-4-2-3-9-27-18)12-21-23(29)28(24(30)33-21)13-15-5-7-17(25)8-6-15/h2-12H,13-14H2,1H3/b21-12-. The number of carbonyl (C=O) groups is 2. The summed E-state index contributed by atoms with van der Waals surface area (Å²) in [5.41, 5.74) is 2.36. The zero-order valence-corrected chi connectivity index (χ0v) is 21.2. The minimum atomic E-state index is -0.329. The quantitative estimate of drug-likeness (QED) is 0.242. The zero-order valence-electron chi connectivity index (χ0n) is 17.5. The third-order valence-corrected chi connectivity index (χ3v) is 6.73. The molecule has 1 aromatic heterocycles. The molecule has 0 unspecified atom stereocenters. The van der Waals surface area contributed by atoms with E-state index in [2.05, 4.69) is 27.6 Å². The van der Waals surface area contributed by atoms with Crippen molar-refractivity contribution < 1.29 is 19.1 Å². The highest BCUT2D eigenvalue weighted by molar-refractivity contribution is 14.1. The van der Waals surface area contributed by atoms with Gasteiger partial charge in [0.15, 0.2) is 11.5 Å². The van der Waals surface area contributed by atoms with E-state index in [1.165, 1.54) is 4.90 Å². The first-order chi connectivity index (χ1) is 15.9. The maximum Gasteiger partial charge on any atom is 0.293 e. The monoisotopic (exact) mass is 592 g/mol. The van der Waals surface area contributed by atoms with Gasteiger partial charge in [-0.3, -0.25) is 19.5 Å². The number of hydrogen-bond donors (Lipinski definition) is 0. The van der Waals surface area contributed by atoms with Crippen molar-refractivity contribution >= 4 is 63.2 Å². The maximum absolute atomic E-state index is 12.9. The Kier molecular flexibility index (Phi) is 7.56. The van der Waals surface area contributed by atoms with Crippen molar-refractivity contribution in [2.75, 3.05) is 7.11 Å². The maximum atomic E-state index is 12.9. The number of aromatic nitrogens is 1. The van der Waals surface area contributed by atoms with Crippen LogP contribution in [0.1, 0.15) is 16.8 Å². The topological polar surface area (TPSA) is 68.7 Å². The third kappa shape index (κ3) is 5.69. The fraction of sp³-hybridized carbons (Fsp3) is 0.125. The molecule has 1 aliphatic heterocycles. The van der Waals surface area contributed by atoms with E-state index in [0.717, 1.165) is 32.2 Å². The summed E-state index contributed by atoms with van der Waals surface area (Å²) < 4.78 is 12.3. The molecule has 3 aromatic rings. The Balaban J connectivity index is 1.53. The number of benzene rings is 2. The lowest BCUT2D eigenvalue weighted by Crippen LogP contribution is -2.27. The van der Waals surface area contributed by atoms with E-state index >= 15 is 0 Å². The first-order valence-electron chi connectivity index (χ1n) is 9.84. The van der Waals surface area contributed by atoms with Gasteiger partial charge in [0.1, 0.15) is 6.61 Å². The van der Waals surface area contributed by atoms with Crippen molar-refractivity contribution in [2.45, 2.75) is 13.2 Å². The third-order valence-electron chi connectivity index (χ3n) is 4.77. The molecule has 168 valence electrons. The first kappa shape index (κ1) is 23.6. The lowest BCUT2D eigenvalue weighted by Gasteiger charge is -2.14. The normalized spacial score (nSPS) is 14.8. The number of thioether (sulfide) groups is 1. The van der Waals surface area contributed by atoms with Crippen LogP contribution in [0, 0.1) is 3.57 Å². The molecule has 2 heterocycles. The molecule has 1 fully saturated rings. The van der Waals surface area contributed by atoms with E-state index < -0.39 is 0 Å². The summed E-state index contributed by atoms with van der Waals surface area (Å²) in [7, 11) is 1.56. The van der Waals surface area contributed by atoms with Crippen LogP contribution in [-0.2, 0) is 17.9 Å². The van der Waals surface area contributed by atoms with Crippen molar-refractivity contribution in [3.05, 3.63) is 91.1 Å². The van der Waals surface area contributed by atoms with E-state index in [-0.39, 0.29) is 17.7 Å². The summed E-state index contributed by atoms with van der Waals surface area (Å²) in [6.45, 7) is 0.496. The highest BCUT2D eigenvalue weighted by atomic mass is 127. The Morgan fingerprint density at radius 3 is 2.64 bits per heavy atom. The van der Waals surface area contributed by atoms with Crippen molar-refractivity contribution in [1.82, 2.24) is 9.88 Å². The Hall–Kier alpha value is -2.56. The summed E-state index contributed by atoms with van der Waals surface area (Å²) >= 11 is 9.00. The van der Waals surface area contributed by atoms with Gasteiger partial charge in [0.25, 0.3) is 11.1 Å². The van der Waals surface area contributed by atoms with Gasteiger partial charge in [0, 0.05) is 11.2 Å². The molecule has 2 aromatic carbocycles. The van der Waals surface area contributed by atoms with Gasteiger partial charge in [0.2, 0.25) is 0 Å². The van der Waals surface area contributed by atoms with Gasteiger partial charge >= 0.3 is 0 Å². The smallest absolute Gasteiger partial charge is 0.293 e. The van der Waals surface area contributed by atoms with Crippen LogP contribution in [0.4, 0.5) is 4.79 Å². The fourth-order valence-corrected chi connectivity index (χ4v) is 4.90. The Bertz CT molecular complexity index is 1220. The molecule has 0 saturated carbocycles. The molecule has 0 spiro atoms. The molecule has 4 rings (SSSR count). The van der Waals surface area contributed by atoms with Crippen molar-refractivity contribution in [3.63, 3.8) is 0 Å². The van der Waals surface area contributed by atoms with E-state index in [1.54, 1.807) is 49.7 Å². The second kappa shape index (κ2) is 10.6. The average Bonchev–Trinajstić information content (AvgIpc) is 3.07. The molecule has 1 saturated heterocycles. The minimum absolute atomic E-state index is 0.195. The number of nitrogens with zero attached hydrogens (tertiary/aromatic N) is 2. The number of amides is 2. The number of carbonyl (C=O) groups excluding carboxylic acids is 2. The van der Waals surface area contributed by atoms with Gasteiger partial charge in [-0.25, -0.2) is 0 Å². The van der Waals surface area contributed by atoms with Crippen LogP contribution in [0.25, 0.3) is 6.08 Å². The van der Waals surface area contributed by atoms with Crippen LogP contribution >= 0.6 is 46.0 Å². The highest BCUT2D eigenvalue weighted by Crippen LogP contribution is 2.38. The number of methoxy groups -OCH3 is 1. The van der Waals surface area contributed by atoms with Crippen molar-refractivity contribution in [3.8, 4) is 11.5 Å². The van der Waals surface area contributed by atoms with Crippen LogP contribution < -0.4 is 9.47 Å². The Labute approximate surface area is 214 Å². The summed E-state index contributed by atoms with van der Waals surface area (Å²) in [5.74, 6) is 0.797. The molecular formula is C24H18ClIN2O4S. The van der Waals surface area contributed by atoms with Crippen LogP contribution in [0.5, 0.6) is 11.5 Å². The second-order valence-corrected chi connectivity index (χ2v) is 9.63. The lowest BCUT2D eigenvalue weighted by molar-refractivity contribution is -0.123. The van der Waals surface area contributed by atoms with E-state index in [0.29, 0.717) is 28.0 Å². The molecule has 0 aliphatic carbocycles. The Morgan fingerprint density at radius 1 is 1.15 bits per heavy atom. The van der Waals surface area contributed by atoms with E-state index in [4.69, 9.17) is 21.1 Å². The zero-order chi connectivity index (χ0) is 23.4. The molecule has 0 bridgehead atoms. The van der Waals surface area contributed by atoms with Gasteiger partial charge in [-0.05, 0) is 88.0 Å². The number of hydrogen-bond acceptors (Lipinski definition) is 6. The first-order valence-corrected chi connectivity index (χ1v) is 12.1. The van der Waals surface area contributed by atoms with Crippen LogP contribution in [0.15, 0.2) is 65.7 Å². The lowest BCUT2D eigenvalue weighted by atomic mass is 10.1. The number of pyridine rings is 1. The van der Waals surface area contributed by atoms with E-state index in [9.17, 15) is 9.59 Å². The SMILES string of the molecule is COc1cc(/C=C2\SC(=O)N(Cc3ccc(Cl)cc3)C2=O)cc(I)c1OCc1ccccn1. The van der Waals surface area contributed by atoms with Crippen molar-refractivity contribution in [1.29, 1.82) is 0 Å². The molecule has 2 amide bonds. The summed E-state index contributed by atoms with van der Waals surface area (Å²) in [6.07, 6.45) is 3.41. The van der Waals surface area contributed by atoms with Crippen LogP contribution in [0.2, 0.25) is 5.02 Å². The summed E-state index contributed by atoms with van der Waals surface area (Å²) in [6, 6.07) is 16.4. The van der Waals surface area contributed by atoms with Gasteiger partial charge in [-0.15, -0.1) is 0 Å². The minimum Gasteiger partial charge on any atom is -0.493 e. The Morgan fingerprint density at radius 2 is 1.94 bits per heavy atom.